The average Bonchev–Trinajstić information content (AvgIpc) is 2.52. The fourth-order valence-electron chi connectivity index (χ4n) is 2.07. The van der Waals surface area contributed by atoms with Gasteiger partial charge in [0.15, 0.2) is 0 Å². The summed E-state index contributed by atoms with van der Waals surface area (Å²) in [5, 5.41) is 6.37. The fourth-order valence-corrected chi connectivity index (χ4v) is 2.07. The highest BCUT2D eigenvalue weighted by Crippen LogP contribution is 2.40. The predicted octanol–water partition coefficient (Wildman–Crippen LogP) is 1.08. The minimum absolute atomic E-state index is 0. The molecule has 2 aliphatic rings. The van der Waals surface area contributed by atoms with Crippen molar-refractivity contribution in [2.45, 2.75) is 38.6 Å². The fraction of sp³-hybridized carbons (Fsp3) is 0.900. The van der Waals surface area contributed by atoms with Crippen molar-refractivity contribution in [2.24, 2.45) is 5.41 Å². The normalized spacial score (nSPS) is 28.8. The van der Waals surface area contributed by atoms with Crippen LogP contribution in [0.5, 0.6) is 0 Å². The van der Waals surface area contributed by atoms with Gasteiger partial charge in [-0.15, -0.1) is 12.4 Å². The molecule has 0 aromatic rings. The highest BCUT2D eigenvalue weighted by Gasteiger charge is 2.39. The zero-order valence-electron chi connectivity index (χ0n) is 8.64. The largest absolute Gasteiger partial charge is 0.352 e. The lowest BCUT2D eigenvalue weighted by molar-refractivity contribution is -0.135. The third kappa shape index (κ3) is 2.20. The molecule has 2 rings (SSSR count). The van der Waals surface area contributed by atoms with Crippen LogP contribution in [-0.4, -0.2) is 25.0 Å². The summed E-state index contributed by atoms with van der Waals surface area (Å²) in [4.78, 5) is 11.8. The first kappa shape index (κ1) is 11.8. The van der Waals surface area contributed by atoms with Crippen LogP contribution in [0.1, 0.15) is 32.6 Å². The van der Waals surface area contributed by atoms with Crippen LogP contribution in [-0.2, 0) is 4.79 Å². The molecule has 0 bridgehead atoms. The van der Waals surface area contributed by atoms with Crippen molar-refractivity contribution >= 4 is 18.3 Å². The van der Waals surface area contributed by atoms with Crippen LogP contribution in [0.25, 0.3) is 0 Å². The number of rotatable bonds is 2. The highest BCUT2D eigenvalue weighted by molar-refractivity contribution is 5.85. The van der Waals surface area contributed by atoms with Gasteiger partial charge >= 0.3 is 0 Å². The Labute approximate surface area is 91.4 Å². The molecule has 1 heterocycles. The molecule has 2 fully saturated rings. The van der Waals surface area contributed by atoms with Crippen molar-refractivity contribution in [1.82, 2.24) is 10.6 Å². The zero-order chi connectivity index (χ0) is 9.31. The van der Waals surface area contributed by atoms with Crippen molar-refractivity contribution in [3.8, 4) is 0 Å². The Morgan fingerprint density at radius 2 is 2.21 bits per heavy atom. The lowest BCUT2D eigenvalue weighted by Crippen LogP contribution is -2.48. The number of halogens is 1. The molecule has 1 saturated carbocycles. The van der Waals surface area contributed by atoms with Gasteiger partial charge in [0.2, 0.25) is 5.91 Å². The van der Waals surface area contributed by atoms with Crippen LogP contribution in [0.4, 0.5) is 0 Å². The van der Waals surface area contributed by atoms with Gasteiger partial charge in [-0.05, 0) is 25.8 Å². The van der Waals surface area contributed by atoms with Crippen LogP contribution in [0.2, 0.25) is 0 Å². The first-order chi connectivity index (χ1) is 6.21. The smallest absolute Gasteiger partial charge is 0.226 e. The molecule has 0 spiro atoms. The first-order valence-electron chi connectivity index (χ1n) is 5.22. The van der Waals surface area contributed by atoms with Gasteiger partial charge < -0.3 is 10.6 Å². The first-order valence-corrected chi connectivity index (χ1v) is 5.22. The molecule has 0 aromatic heterocycles. The number of carbonyl (C=O) groups excluding carboxylic acids is 1. The summed E-state index contributed by atoms with van der Waals surface area (Å²) < 4.78 is 0. The van der Waals surface area contributed by atoms with E-state index in [1.54, 1.807) is 0 Å². The molecular weight excluding hydrogens is 200 g/mol. The van der Waals surface area contributed by atoms with Gasteiger partial charge in [0.25, 0.3) is 0 Å². The molecule has 0 radical (unpaired) electrons. The number of hydrogen-bond acceptors (Lipinski definition) is 2. The summed E-state index contributed by atoms with van der Waals surface area (Å²) in [7, 11) is 0. The van der Waals surface area contributed by atoms with E-state index in [1.807, 2.05) is 0 Å². The number of nitrogens with one attached hydrogen (secondary N) is 2. The van der Waals surface area contributed by atoms with E-state index in [1.165, 1.54) is 6.42 Å². The molecule has 1 aliphatic carbocycles. The summed E-state index contributed by atoms with van der Waals surface area (Å²) in [5.74, 6) is 0.271. The van der Waals surface area contributed by atoms with E-state index in [2.05, 4.69) is 17.6 Å². The van der Waals surface area contributed by atoms with E-state index < -0.39 is 0 Å². The topological polar surface area (TPSA) is 41.1 Å². The van der Waals surface area contributed by atoms with Gasteiger partial charge in [-0.3, -0.25) is 4.79 Å². The molecule has 1 atom stereocenters. The van der Waals surface area contributed by atoms with Crippen molar-refractivity contribution in [3.05, 3.63) is 0 Å². The van der Waals surface area contributed by atoms with Crippen molar-refractivity contribution < 1.29 is 4.79 Å². The Hall–Kier alpha value is -0.280. The maximum absolute atomic E-state index is 11.8. The summed E-state index contributed by atoms with van der Waals surface area (Å²) >= 11 is 0. The Kier molecular flexibility index (Phi) is 3.78. The molecular formula is C10H19ClN2O. The van der Waals surface area contributed by atoms with Crippen LogP contribution < -0.4 is 10.6 Å². The molecule has 4 heteroatoms. The molecule has 0 aromatic carbocycles. The number of carbonyl (C=O) groups is 1. The van der Waals surface area contributed by atoms with Crippen LogP contribution >= 0.6 is 12.4 Å². The molecule has 1 saturated heterocycles. The van der Waals surface area contributed by atoms with E-state index in [0.29, 0.717) is 6.04 Å². The van der Waals surface area contributed by atoms with Crippen LogP contribution in [0.15, 0.2) is 0 Å². The second-order valence-corrected chi connectivity index (χ2v) is 4.58. The Morgan fingerprint density at radius 1 is 1.50 bits per heavy atom. The predicted molar refractivity (Wildman–Crippen MR) is 58.6 cm³/mol. The van der Waals surface area contributed by atoms with Crippen LogP contribution in [0, 0.1) is 5.41 Å². The lowest BCUT2D eigenvalue weighted by atomic mass is 9.70. The molecule has 1 unspecified atom stereocenters. The highest BCUT2D eigenvalue weighted by atomic mass is 35.5. The van der Waals surface area contributed by atoms with Gasteiger partial charge in [-0.25, -0.2) is 0 Å². The van der Waals surface area contributed by atoms with E-state index in [9.17, 15) is 4.79 Å². The van der Waals surface area contributed by atoms with E-state index in [-0.39, 0.29) is 23.7 Å². The average molecular weight is 219 g/mol. The monoisotopic (exact) mass is 218 g/mol. The number of hydrogen-bond donors (Lipinski definition) is 2. The molecule has 82 valence electrons. The maximum atomic E-state index is 11.8. The molecule has 1 amide bonds. The summed E-state index contributed by atoms with van der Waals surface area (Å²) in [6, 6.07) is 0.380. The molecule has 14 heavy (non-hydrogen) atoms. The third-order valence-corrected chi connectivity index (χ3v) is 3.40. The van der Waals surface area contributed by atoms with Gasteiger partial charge in [-0.1, -0.05) is 13.3 Å². The van der Waals surface area contributed by atoms with Crippen molar-refractivity contribution in [3.63, 3.8) is 0 Å². The van der Waals surface area contributed by atoms with Gasteiger partial charge in [0, 0.05) is 18.0 Å². The second kappa shape index (κ2) is 4.49. The molecule has 1 aliphatic heterocycles. The zero-order valence-corrected chi connectivity index (χ0v) is 9.45. The standard InChI is InChI=1S/C10H18N2O.ClH/c1-10(4-2-5-10)9(13)12-8-3-6-11-7-8;/h8,11H,2-7H2,1H3,(H,12,13);1H. The van der Waals surface area contributed by atoms with Crippen LogP contribution in [0.3, 0.4) is 0 Å². The van der Waals surface area contributed by atoms with E-state index in [0.717, 1.165) is 32.4 Å². The number of amides is 1. The Bertz CT molecular complexity index is 210. The van der Waals surface area contributed by atoms with Gasteiger partial charge in [-0.2, -0.15) is 0 Å². The van der Waals surface area contributed by atoms with Crippen molar-refractivity contribution in [2.75, 3.05) is 13.1 Å². The quantitative estimate of drug-likeness (QED) is 0.728. The van der Waals surface area contributed by atoms with E-state index in [4.69, 9.17) is 0 Å². The Balaban J connectivity index is 0.000000980. The van der Waals surface area contributed by atoms with Gasteiger partial charge in [0.05, 0.1) is 0 Å². The second-order valence-electron chi connectivity index (χ2n) is 4.58. The molecule has 3 nitrogen and oxygen atoms in total. The molecule has 2 N–H and O–H groups in total. The summed E-state index contributed by atoms with van der Waals surface area (Å²) in [6.45, 7) is 4.07. The summed E-state index contributed by atoms with van der Waals surface area (Å²) in [6.07, 6.45) is 4.44. The third-order valence-electron chi connectivity index (χ3n) is 3.40. The van der Waals surface area contributed by atoms with E-state index >= 15 is 0 Å². The minimum atomic E-state index is -0.0391. The maximum Gasteiger partial charge on any atom is 0.226 e. The van der Waals surface area contributed by atoms with Crippen molar-refractivity contribution in [1.29, 1.82) is 0 Å². The summed E-state index contributed by atoms with van der Waals surface area (Å²) in [5.41, 5.74) is -0.0391. The minimum Gasteiger partial charge on any atom is -0.352 e. The Morgan fingerprint density at radius 3 is 2.64 bits per heavy atom. The SMILES string of the molecule is CC1(C(=O)NC2CCNC2)CCC1.Cl. The lowest BCUT2D eigenvalue weighted by Gasteiger charge is -2.37. The van der Waals surface area contributed by atoms with Gasteiger partial charge in [0.1, 0.15) is 0 Å².